The lowest BCUT2D eigenvalue weighted by molar-refractivity contribution is 0.574. The number of halogens is 2. The van der Waals surface area contributed by atoms with Crippen LogP contribution >= 0.6 is 0 Å². The molecule has 1 aliphatic heterocycles. The van der Waals surface area contributed by atoms with Gasteiger partial charge in [-0.05, 0) is 36.8 Å². The van der Waals surface area contributed by atoms with Crippen molar-refractivity contribution in [2.45, 2.75) is 19.5 Å². The van der Waals surface area contributed by atoms with Crippen LogP contribution in [0.3, 0.4) is 0 Å². The molecule has 2 aromatic carbocycles. The molecular formula is C16H16F2N2. The summed E-state index contributed by atoms with van der Waals surface area (Å²) in [5.41, 5.74) is 2.77. The molecule has 1 N–H and O–H groups in total. The van der Waals surface area contributed by atoms with E-state index in [0.29, 0.717) is 12.1 Å². The number of hydrogen-bond acceptors (Lipinski definition) is 2. The molecule has 3 rings (SSSR count). The van der Waals surface area contributed by atoms with Gasteiger partial charge >= 0.3 is 0 Å². The van der Waals surface area contributed by atoms with Gasteiger partial charge in [-0.1, -0.05) is 12.1 Å². The first-order valence-corrected chi connectivity index (χ1v) is 6.68. The van der Waals surface area contributed by atoms with Crippen molar-refractivity contribution in [1.82, 2.24) is 0 Å². The molecule has 0 aromatic heterocycles. The predicted octanol–water partition coefficient (Wildman–Crippen LogP) is 3.79. The Balaban J connectivity index is 1.93. The van der Waals surface area contributed by atoms with Gasteiger partial charge in [-0.25, -0.2) is 8.78 Å². The number of anilines is 2. The summed E-state index contributed by atoms with van der Waals surface area (Å²) in [6, 6.07) is 11.9. The molecule has 1 aliphatic rings. The van der Waals surface area contributed by atoms with Crippen LogP contribution in [0.15, 0.2) is 42.5 Å². The van der Waals surface area contributed by atoms with E-state index < -0.39 is 11.6 Å². The normalized spacial score (nSPS) is 17.6. The third kappa shape index (κ3) is 2.46. The van der Waals surface area contributed by atoms with Gasteiger partial charge in [0.25, 0.3) is 0 Å². The number of para-hydroxylation sites is 2. The Morgan fingerprint density at radius 1 is 1.15 bits per heavy atom. The molecule has 1 unspecified atom stereocenters. The van der Waals surface area contributed by atoms with E-state index in [1.165, 1.54) is 12.1 Å². The van der Waals surface area contributed by atoms with Crippen LogP contribution in [0.2, 0.25) is 0 Å². The summed E-state index contributed by atoms with van der Waals surface area (Å²) in [5.74, 6) is -1.06. The third-order valence-electron chi connectivity index (χ3n) is 3.61. The molecule has 0 saturated carbocycles. The van der Waals surface area contributed by atoms with Crippen LogP contribution in [0, 0.1) is 11.6 Å². The third-order valence-corrected chi connectivity index (χ3v) is 3.61. The molecule has 2 aromatic rings. The summed E-state index contributed by atoms with van der Waals surface area (Å²) < 4.78 is 26.6. The second-order valence-electron chi connectivity index (χ2n) is 5.15. The quantitative estimate of drug-likeness (QED) is 0.896. The Bertz CT molecular complexity index is 607. The number of nitrogens with one attached hydrogen (secondary N) is 1. The van der Waals surface area contributed by atoms with Gasteiger partial charge in [0.05, 0.1) is 11.4 Å². The summed E-state index contributed by atoms with van der Waals surface area (Å²) in [6.07, 6.45) is 0. The van der Waals surface area contributed by atoms with Gasteiger partial charge in [0, 0.05) is 25.2 Å². The first-order valence-electron chi connectivity index (χ1n) is 6.68. The van der Waals surface area contributed by atoms with Gasteiger partial charge < -0.3 is 10.2 Å². The van der Waals surface area contributed by atoms with E-state index in [1.54, 1.807) is 0 Å². The lowest BCUT2D eigenvalue weighted by Crippen LogP contribution is -2.41. The van der Waals surface area contributed by atoms with Crippen molar-refractivity contribution in [3.05, 3.63) is 59.7 Å². The maximum atomic E-state index is 13.3. The average Bonchev–Trinajstić information content (AvgIpc) is 2.41. The Hall–Kier alpha value is -2.10. The minimum atomic E-state index is -0.531. The largest absolute Gasteiger partial charge is 0.381 e. The number of rotatable bonds is 2. The van der Waals surface area contributed by atoms with E-state index in [-0.39, 0.29) is 6.04 Å². The predicted molar refractivity (Wildman–Crippen MR) is 76.9 cm³/mol. The first kappa shape index (κ1) is 12.9. The zero-order valence-corrected chi connectivity index (χ0v) is 11.2. The fraction of sp³-hybridized carbons (Fsp3) is 0.250. The molecule has 0 aliphatic carbocycles. The second kappa shape index (κ2) is 5.12. The maximum Gasteiger partial charge on any atom is 0.126 e. The van der Waals surface area contributed by atoms with Crippen molar-refractivity contribution in [2.24, 2.45) is 0 Å². The molecule has 1 atom stereocenters. The van der Waals surface area contributed by atoms with Crippen molar-refractivity contribution in [2.75, 3.05) is 16.8 Å². The fourth-order valence-electron chi connectivity index (χ4n) is 2.62. The Kier molecular flexibility index (Phi) is 3.30. The molecule has 20 heavy (non-hydrogen) atoms. The highest BCUT2D eigenvalue weighted by Crippen LogP contribution is 2.32. The van der Waals surface area contributed by atoms with E-state index in [4.69, 9.17) is 0 Å². The molecule has 4 heteroatoms. The second-order valence-corrected chi connectivity index (χ2v) is 5.15. The van der Waals surface area contributed by atoms with E-state index in [1.807, 2.05) is 24.3 Å². The minimum absolute atomic E-state index is 0.260. The van der Waals surface area contributed by atoms with Crippen LogP contribution < -0.4 is 10.2 Å². The SMILES string of the molecule is CC1CNc2ccccc2N1Cc1cc(F)cc(F)c1. The molecule has 0 amide bonds. The van der Waals surface area contributed by atoms with Crippen LogP contribution in [0.5, 0.6) is 0 Å². The minimum Gasteiger partial charge on any atom is -0.381 e. The van der Waals surface area contributed by atoms with Crippen LogP contribution in [0.4, 0.5) is 20.2 Å². The Morgan fingerprint density at radius 2 is 1.85 bits per heavy atom. The molecule has 104 valence electrons. The maximum absolute atomic E-state index is 13.3. The molecule has 0 fully saturated rings. The first-order chi connectivity index (χ1) is 9.63. The van der Waals surface area contributed by atoms with Gasteiger partial charge in [-0.15, -0.1) is 0 Å². The van der Waals surface area contributed by atoms with Crippen LogP contribution in [0.1, 0.15) is 12.5 Å². The molecule has 0 spiro atoms. The zero-order valence-electron chi connectivity index (χ0n) is 11.2. The topological polar surface area (TPSA) is 15.3 Å². The summed E-state index contributed by atoms with van der Waals surface area (Å²) in [5, 5.41) is 3.36. The van der Waals surface area contributed by atoms with Gasteiger partial charge in [0.1, 0.15) is 11.6 Å². The Labute approximate surface area is 117 Å². The summed E-state index contributed by atoms with van der Waals surface area (Å²) in [6.45, 7) is 3.40. The van der Waals surface area contributed by atoms with Crippen LogP contribution in [-0.2, 0) is 6.54 Å². The number of hydrogen-bond donors (Lipinski definition) is 1. The average molecular weight is 274 g/mol. The van der Waals surface area contributed by atoms with Gasteiger partial charge in [0.2, 0.25) is 0 Å². The summed E-state index contributed by atoms with van der Waals surface area (Å²) in [4.78, 5) is 2.17. The smallest absolute Gasteiger partial charge is 0.126 e. The van der Waals surface area contributed by atoms with Crippen molar-refractivity contribution in [1.29, 1.82) is 0 Å². The highest BCUT2D eigenvalue weighted by Gasteiger charge is 2.22. The molecular weight excluding hydrogens is 258 g/mol. The number of fused-ring (bicyclic) bond motifs is 1. The van der Waals surface area contributed by atoms with E-state index in [0.717, 1.165) is 24.0 Å². The van der Waals surface area contributed by atoms with E-state index in [9.17, 15) is 8.78 Å². The molecule has 0 radical (unpaired) electrons. The number of nitrogens with zero attached hydrogens (tertiary/aromatic N) is 1. The molecule has 0 saturated heterocycles. The standard InChI is InChI=1S/C16H16F2N2/c1-11-9-19-15-4-2-3-5-16(15)20(11)10-12-6-13(17)8-14(18)7-12/h2-8,11,19H,9-10H2,1H3. The van der Waals surface area contributed by atoms with E-state index in [2.05, 4.69) is 17.1 Å². The van der Waals surface area contributed by atoms with Crippen LogP contribution in [0.25, 0.3) is 0 Å². The van der Waals surface area contributed by atoms with Crippen molar-refractivity contribution in [3.63, 3.8) is 0 Å². The lowest BCUT2D eigenvalue weighted by Gasteiger charge is -2.37. The fourth-order valence-corrected chi connectivity index (χ4v) is 2.62. The van der Waals surface area contributed by atoms with Crippen molar-refractivity contribution >= 4 is 11.4 Å². The molecule has 0 bridgehead atoms. The van der Waals surface area contributed by atoms with Gasteiger partial charge in [0.15, 0.2) is 0 Å². The molecule has 1 heterocycles. The number of benzene rings is 2. The molecule has 2 nitrogen and oxygen atoms in total. The van der Waals surface area contributed by atoms with Crippen LogP contribution in [-0.4, -0.2) is 12.6 Å². The monoisotopic (exact) mass is 274 g/mol. The van der Waals surface area contributed by atoms with E-state index >= 15 is 0 Å². The van der Waals surface area contributed by atoms with Gasteiger partial charge in [-0.3, -0.25) is 0 Å². The zero-order chi connectivity index (χ0) is 14.1. The van der Waals surface area contributed by atoms with Crippen molar-refractivity contribution < 1.29 is 8.78 Å². The highest BCUT2D eigenvalue weighted by atomic mass is 19.1. The Morgan fingerprint density at radius 3 is 2.60 bits per heavy atom. The summed E-state index contributed by atoms with van der Waals surface area (Å²) in [7, 11) is 0. The van der Waals surface area contributed by atoms with Crippen molar-refractivity contribution in [3.8, 4) is 0 Å². The lowest BCUT2D eigenvalue weighted by atomic mass is 10.1. The van der Waals surface area contributed by atoms with Gasteiger partial charge in [-0.2, -0.15) is 0 Å². The highest BCUT2D eigenvalue weighted by molar-refractivity contribution is 5.72. The summed E-state index contributed by atoms with van der Waals surface area (Å²) >= 11 is 0.